The first-order valence-corrected chi connectivity index (χ1v) is 9.20. The number of aromatic nitrogens is 1. The molecule has 0 bridgehead atoms. The highest BCUT2D eigenvalue weighted by Crippen LogP contribution is 2.23. The molecule has 0 saturated heterocycles. The molecule has 2 N–H and O–H groups in total. The summed E-state index contributed by atoms with van der Waals surface area (Å²) in [6.45, 7) is 0.699. The van der Waals surface area contributed by atoms with Crippen LogP contribution in [0.5, 0.6) is 0 Å². The maximum atomic E-state index is 5.93. The summed E-state index contributed by atoms with van der Waals surface area (Å²) in [7, 11) is 0. The topological polar surface area (TPSA) is 42.6 Å². The van der Waals surface area contributed by atoms with Gasteiger partial charge >= 0.3 is 0 Å². The summed E-state index contributed by atoms with van der Waals surface area (Å²) in [6.07, 6.45) is 1.81. The number of rotatable bonds is 6. The van der Waals surface area contributed by atoms with Gasteiger partial charge in [-0.25, -0.2) is 4.98 Å². The van der Waals surface area contributed by atoms with Crippen molar-refractivity contribution >= 4 is 11.3 Å². The van der Waals surface area contributed by atoms with Crippen LogP contribution in [0.2, 0.25) is 0 Å². The van der Waals surface area contributed by atoms with Crippen molar-refractivity contribution in [2.45, 2.75) is 12.6 Å². The number of hydrogen-bond donors (Lipinski definition) is 1. The van der Waals surface area contributed by atoms with Gasteiger partial charge in [0, 0.05) is 11.1 Å². The van der Waals surface area contributed by atoms with Crippen LogP contribution in [0.1, 0.15) is 22.4 Å². The van der Waals surface area contributed by atoms with Crippen LogP contribution >= 0.6 is 11.3 Å². The number of hydrogen-bond acceptors (Lipinski definition) is 3. The number of oxazole rings is 1. The summed E-state index contributed by atoms with van der Waals surface area (Å²) in [6, 6.07) is 25.2. The zero-order chi connectivity index (χ0) is 16.9. The lowest BCUT2D eigenvalue weighted by Gasteiger charge is -2.13. The fourth-order valence-electron chi connectivity index (χ4n) is 2.90. The number of nitrogens with two attached hydrogens (primary N) is 1. The first kappa shape index (κ1) is 15.8. The molecule has 0 spiro atoms. The Bertz CT molecular complexity index is 902. The quantitative estimate of drug-likeness (QED) is 0.566. The minimum absolute atomic E-state index is 0.258. The van der Waals surface area contributed by atoms with E-state index in [0.717, 1.165) is 17.2 Å². The summed E-state index contributed by atoms with van der Waals surface area (Å²) in [5, 5.41) is 4.40. The Hall–Kier alpha value is -2.69. The lowest BCUT2D eigenvalue weighted by molar-refractivity contribution is -0.703. The molecule has 1 atom stereocenters. The molecule has 0 aliphatic heterocycles. The van der Waals surface area contributed by atoms with Gasteiger partial charge in [0.15, 0.2) is 12.3 Å². The van der Waals surface area contributed by atoms with Gasteiger partial charge in [0.2, 0.25) is 0 Å². The minimum atomic E-state index is 0.258. The molecule has 0 amide bonds. The van der Waals surface area contributed by atoms with E-state index in [1.165, 1.54) is 10.4 Å². The van der Waals surface area contributed by atoms with Crippen molar-refractivity contribution < 1.29 is 9.73 Å². The van der Waals surface area contributed by atoms with Crippen molar-refractivity contribution in [1.29, 1.82) is 0 Å². The molecular formula is C21H19N2OS+. The third kappa shape index (κ3) is 3.71. The maximum Gasteiger partial charge on any atom is 0.250 e. The summed E-state index contributed by atoms with van der Waals surface area (Å²) in [5.41, 5.74) is 2.35. The van der Waals surface area contributed by atoms with Crippen LogP contribution in [0, 0.1) is 0 Å². The summed E-state index contributed by atoms with van der Waals surface area (Å²) in [5.74, 6) is 1.56. The highest BCUT2D eigenvalue weighted by Gasteiger charge is 2.19. The average molecular weight is 347 g/mol. The highest BCUT2D eigenvalue weighted by atomic mass is 32.1. The molecule has 4 heteroatoms. The average Bonchev–Trinajstić information content (AvgIpc) is 3.36. The van der Waals surface area contributed by atoms with E-state index in [-0.39, 0.29) is 6.04 Å². The zero-order valence-electron chi connectivity index (χ0n) is 13.7. The van der Waals surface area contributed by atoms with Crippen LogP contribution in [0.15, 0.2) is 88.8 Å². The van der Waals surface area contributed by atoms with Crippen LogP contribution in [0.3, 0.4) is 0 Å². The fraction of sp³-hybridized carbons (Fsp3) is 0.0952. The lowest BCUT2D eigenvalue weighted by Crippen LogP contribution is -2.83. The molecule has 2 aromatic carbocycles. The number of quaternary nitrogens is 1. The monoisotopic (exact) mass is 347 g/mol. The first-order chi connectivity index (χ1) is 12.4. The maximum absolute atomic E-state index is 5.93. The molecule has 0 unspecified atom stereocenters. The van der Waals surface area contributed by atoms with Crippen molar-refractivity contribution in [2.24, 2.45) is 0 Å². The molecule has 4 rings (SSSR count). The van der Waals surface area contributed by atoms with E-state index in [4.69, 9.17) is 4.42 Å². The number of nitrogens with zero attached hydrogens (tertiary/aromatic N) is 1. The Morgan fingerprint density at radius 3 is 2.40 bits per heavy atom. The van der Waals surface area contributed by atoms with Gasteiger partial charge in [-0.1, -0.05) is 66.7 Å². The van der Waals surface area contributed by atoms with E-state index in [2.05, 4.69) is 58.1 Å². The van der Waals surface area contributed by atoms with Gasteiger partial charge in [-0.2, -0.15) is 0 Å². The van der Waals surface area contributed by atoms with E-state index in [1.807, 2.05) is 30.3 Å². The van der Waals surface area contributed by atoms with Crippen LogP contribution in [-0.2, 0) is 6.54 Å². The Kier molecular flexibility index (Phi) is 4.72. The van der Waals surface area contributed by atoms with Gasteiger partial charge in [0.05, 0.1) is 11.1 Å². The smallest absolute Gasteiger partial charge is 0.250 e. The predicted octanol–water partition coefficient (Wildman–Crippen LogP) is 4.26. The van der Waals surface area contributed by atoms with Crippen LogP contribution in [-0.4, -0.2) is 4.98 Å². The lowest BCUT2D eigenvalue weighted by atomic mass is 10.1. The Morgan fingerprint density at radius 1 is 0.920 bits per heavy atom. The summed E-state index contributed by atoms with van der Waals surface area (Å²) < 4.78 is 5.93. The van der Waals surface area contributed by atoms with Gasteiger partial charge in [-0.15, -0.1) is 11.3 Å². The molecule has 0 saturated carbocycles. The molecule has 2 heterocycles. The van der Waals surface area contributed by atoms with Crippen molar-refractivity contribution in [3.63, 3.8) is 0 Å². The van der Waals surface area contributed by atoms with Gasteiger partial charge in [0.1, 0.15) is 6.04 Å². The molecule has 0 fully saturated rings. The predicted molar refractivity (Wildman–Crippen MR) is 100 cm³/mol. The van der Waals surface area contributed by atoms with E-state index < -0.39 is 0 Å². The molecule has 0 aliphatic carbocycles. The van der Waals surface area contributed by atoms with E-state index >= 15 is 0 Å². The second-order valence-electron chi connectivity index (χ2n) is 5.83. The Morgan fingerprint density at radius 2 is 1.68 bits per heavy atom. The molecule has 4 aromatic rings. The molecule has 2 aromatic heterocycles. The van der Waals surface area contributed by atoms with Crippen molar-refractivity contribution in [1.82, 2.24) is 4.98 Å². The van der Waals surface area contributed by atoms with Crippen LogP contribution < -0.4 is 5.32 Å². The summed E-state index contributed by atoms with van der Waals surface area (Å²) in [4.78, 5) is 5.78. The van der Waals surface area contributed by atoms with Gasteiger partial charge < -0.3 is 9.73 Å². The van der Waals surface area contributed by atoms with Gasteiger partial charge in [0.25, 0.3) is 5.89 Å². The Labute approximate surface area is 151 Å². The van der Waals surface area contributed by atoms with E-state index in [0.29, 0.717) is 6.54 Å². The Balaban J connectivity index is 1.51. The van der Waals surface area contributed by atoms with Gasteiger partial charge in [-0.3, -0.25) is 0 Å². The minimum Gasteiger partial charge on any atom is -0.435 e. The van der Waals surface area contributed by atoms with Gasteiger partial charge in [-0.05, 0) is 11.4 Å². The van der Waals surface area contributed by atoms with Crippen LogP contribution in [0.4, 0.5) is 0 Å². The number of benzene rings is 2. The zero-order valence-corrected chi connectivity index (χ0v) is 14.5. The standard InChI is InChI=1S/C21H18N2OS/c1-3-8-16(9-4-1)18-14-22-20(24-18)15-23-21(19-12-7-13-25-19)17-10-5-2-6-11-17/h1-14,21,23H,15H2/p+1/t21-/m0/s1. The molecule has 0 radical (unpaired) electrons. The van der Waals surface area contributed by atoms with Crippen molar-refractivity contribution in [3.05, 3.63) is 101 Å². The molecule has 124 valence electrons. The van der Waals surface area contributed by atoms with E-state index in [9.17, 15) is 0 Å². The largest absolute Gasteiger partial charge is 0.435 e. The second kappa shape index (κ2) is 7.47. The molecular weight excluding hydrogens is 328 g/mol. The third-order valence-corrected chi connectivity index (χ3v) is 5.10. The van der Waals surface area contributed by atoms with E-state index in [1.54, 1.807) is 17.5 Å². The number of thiophene rings is 1. The third-order valence-electron chi connectivity index (χ3n) is 4.15. The summed E-state index contributed by atoms with van der Waals surface area (Å²) >= 11 is 1.78. The SMILES string of the molecule is c1ccc(-c2cnc(C[NH2+][C@@H](c3ccccc3)c3cccs3)o2)cc1. The van der Waals surface area contributed by atoms with Crippen LogP contribution in [0.25, 0.3) is 11.3 Å². The molecule has 25 heavy (non-hydrogen) atoms. The normalized spacial score (nSPS) is 12.2. The highest BCUT2D eigenvalue weighted by molar-refractivity contribution is 7.10. The molecule has 0 aliphatic rings. The molecule has 3 nitrogen and oxygen atoms in total. The first-order valence-electron chi connectivity index (χ1n) is 8.32. The fourth-order valence-corrected chi connectivity index (χ4v) is 3.75. The second-order valence-corrected chi connectivity index (χ2v) is 6.81. The van der Waals surface area contributed by atoms with Crippen molar-refractivity contribution in [2.75, 3.05) is 0 Å². The van der Waals surface area contributed by atoms with Crippen molar-refractivity contribution in [3.8, 4) is 11.3 Å².